The molecule has 0 atom stereocenters. The molecule has 2 amide bonds. The summed E-state index contributed by atoms with van der Waals surface area (Å²) in [6.45, 7) is 0.679. The average Bonchev–Trinajstić information content (AvgIpc) is 3.59. The Labute approximate surface area is 192 Å². The van der Waals surface area contributed by atoms with Crippen LogP contribution in [0.15, 0.2) is 65.2 Å². The molecule has 8 nitrogen and oxygen atoms in total. The van der Waals surface area contributed by atoms with E-state index in [0.29, 0.717) is 24.5 Å². The van der Waals surface area contributed by atoms with Gasteiger partial charge in [0, 0.05) is 18.7 Å². The van der Waals surface area contributed by atoms with Gasteiger partial charge in [0.15, 0.2) is 18.1 Å². The first-order valence-electron chi connectivity index (χ1n) is 11.0. The van der Waals surface area contributed by atoms with Crippen molar-refractivity contribution >= 4 is 11.8 Å². The van der Waals surface area contributed by atoms with Crippen LogP contribution in [0.5, 0.6) is 11.5 Å². The van der Waals surface area contributed by atoms with Crippen LogP contribution in [0.25, 0.3) is 0 Å². The normalized spacial score (nSPS) is 12.8. The zero-order chi connectivity index (χ0) is 23.0. The smallest absolute Gasteiger partial charge is 0.273 e. The number of amides is 2. The van der Waals surface area contributed by atoms with Crippen LogP contribution in [0.1, 0.15) is 34.7 Å². The van der Waals surface area contributed by atoms with Gasteiger partial charge in [-0.25, -0.2) is 0 Å². The highest BCUT2D eigenvalue weighted by Gasteiger charge is 2.33. The van der Waals surface area contributed by atoms with E-state index in [1.807, 2.05) is 54.6 Å². The van der Waals surface area contributed by atoms with Crippen LogP contribution in [0, 0.1) is 0 Å². The largest absolute Gasteiger partial charge is 0.497 e. The molecule has 1 aliphatic rings. The number of carbonyl (C=O) groups is 2. The maximum atomic E-state index is 12.7. The highest BCUT2D eigenvalue weighted by Crippen LogP contribution is 2.28. The van der Waals surface area contributed by atoms with Crippen molar-refractivity contribution in [1.82, 2.24) is 15.4 Å². The molecule has 3 aromatic rings. The molecule has 1 heterocycles. The molecule has 0 saturated heterocycles. The maximum absolute atomic E-state index is 12.7. The fourth-order valence-corrected chi connectivity index (χ4v) is 3.42. The minimum Gasteiger partial charge on any atom is -0.497 e. The second-order valence-corrected chi connectivity index (χ2v) is 7.89. The van der Waals surface area contributed by atoms with Crippen LogP contribution in [-0.2, 0) is 17.8 Å². The first kappa shape index (κ1) is 22.4. The zero-order valence-electron chi connectivity index (χ0n) is 18.5. The molecule has 172 valence electrons. The molecule has 0 bridgehead atoms. The third-order valence-electron chi connectivity index (χ3n) is 5.39. The number of para-hydroxylation sites is 1. The molecule has 1 fully saturated rings. The second kappa shape index (κ2) is 10.7. The highest BCUT2D eigenvalue weighted by atomic mass is 16.5. The quantitative estimate of drug-likeness (QED) is 0.483. The van der Waals surface area contributed by atoms with Crippen molar-refractivity contribution in [2.75, 3.05) is 20.3 Å². The lowest BCUT2D eigenvalue weighted by Gasteiger charge is -2.21. The van der Waals surface area contributed by atoms with Gasteiger partial charge in [0.2, 0.25) is 0 Å². The number of ether oxygens (including phenoxy) is 2. The van der Waals surface area contributed by atoms with Crippen molar-refractivity contribution < 1.29 is 23.6 Å². The van der Waals surface area contributed by atoms with Gasteiger partial charge in [0.25, 0.3) is 11.8 Å². The Hall–Kier alpha value is -3.81. The average molecular weight is 450 g/mol. The summed E-state index contributed by atoms with van der Waals surface area (Å²) < 4.78 is 16.1. The summed E-state index contributed by atoms with van der Waals surface area (Å²) >= 11 is 0. The van der Waals surface area contributed by atoms with E-state index in [1.165, 1.54) is 0 Å². The van der Waals surface area contributed by atoms with Crippen molar-refractivity contribution in [3.8, 4) is 11.5 Å². The fourth-order valence-electron chi connectivity index (χ4n) is 3.42. The van der Waals surface area contributed by atoms with Crippen molar-refractivity contribution in [3.63, 3.8) is 0 Å². The van der Waals surface area contributed by atoms with E-state index in [4.69, 9.17) is 14.0 Å². The number of nitrogens with one attached hydrogen (secondary N) is 1. The van der Waals surface area contributed by atoms with Gasteiger partial charge in [0.1, 0.15) is 11.5 Å². The van der Waals surface area contributed by atoms with Crippen molar-refractivity contribution in [3.05, 3.63) is 77.7 Å². The van der Waals surface area contributed by atoms with Crippen LogP contribution in [0.4, 0.5) is 0 Å². The summed E-state index contributed by atoms with van der Waals surface area (Å²) in [6, 6.07) is 18.7. The molecule has 0 unspecified atom stereocenters. The summed E-state index contributed by atoms with van der Waals surface area (Å²) in [4.78, 5) is 26.9. The minimum absolute atomic E-state index is 0.0483. The molecule has 0 aliphatic heterocycles. The SMILES string of the molecule is COc1ccc(CCNC(=O)c2cc(CN(C(=O)COc3ccccc3)C3CC3)on2)cc1. The number of benzene rings is 2. The van der Waals surface area contributed by atoms with Crippen molar-refractivity contribution in [2.24, 2.45) is 0 Å². The number of rotatable bonds is 11. The molecule has 1 saturated carbocycles. The van der Waals surface area contributed by atoms with Crippen molar-refractivity contribution in [2.45, 2.75) is 31.8 Å². The van der Waals surface area contributed by atoms with Crippen molar-refractivity contribution in [1.29, 1.82) is 0 Å². The predicted molar refractivity (Wildman–Crippen MR) is 121 cm³/mol. The summed E-state index contributed by atoms with van der Waals surface area (Å²) in [6.07, 6.45) is 2.58. The number of methoxy groups -OCH3 is 1. The van der Waals surface area contributed by atoms with Gasteiger partial charge in [-0.3, -0.25) is 9.59 Å². The Balaban J connectivity index is 1.27. The van der Waals surface area contributed by atoms with Gasteiger partial charge < -0.3 is 24.2 Å². The molecule has 8 heteroatoms. The second-order valence-electron chi connectivity index (χ2n) is 7.89. The first-order chi connectivity index (χ1) is 16.1. The Bertz CT molecular complexity index is 1060. The highest BCUT2D eigenvalue weighted by molar-refractivity contribution is 5.92. The first-order valence-corrected chi connectivity index (χ1v) is 11.0. The Kier molecular flexibility index (Phi) is 7.24. The van der Waals surface area contributed by atoms with Gasteiger partial charge in [-0.2, -0.15) is 0 Å². The third kappa shape index (κ3) is 6.35. The Morgan fingerprint density at radius 1 is 1.09 bits per heavy atom. The molecule has 4 rings (SSSR count). The van der Waals surface area contributed by atoms with Crippen LogP contribution in [-0.4, -0.2) is 48.2 Å². The zero-order valence-corrected chi connectivity index (χ0v) is 18.5. The number of hydrogen-bond acceptors (Lipinski definition) is 6. The van der Waals surface area contributed by atoms with E-state index in [1.54, 1.807) is 18.1 Å². The molecule has 1 aromatic heterocycles. The van der Waals surface area contributed by atoms with Gasteiger partial charge in [-0.1, -0.05) is 35.5 Å². The molecular weight excluding hydrogens is 422 g/mol. The van der Waals surface area contributed by atoms with Crippen LogP contribution in [0.3, 0.4) is 0 Å². The molecule has 0 radical (unpaired) electrons. The lowest BCUT2D eigenvalue weighted by molar-refractivity contribution is -0.134. The number of carbonyl (C=O) groups excluding carboxylic acids is 2. The van der Waals surface area contributed by atoms with Crippen LogP contribution >= 0.6 is 0 Å². The fraction of sp³-hybridized carbons (Fsp3) is 0.320. The molecule has 1 aliphatic carbocycles. The third-order valence-corrected chi connectivity index (χ3v) is 5.39. The molecular formula is C25H27N3O5. The number of hydrogen-bond donors (Lipinski definition) is 1. The van der Waals surface area contributed by atoms with Gasteiger partial charge in [-0.15, -0.1) is 0 Å². The standard InChI is InChI=1S/C25H27N3O5/c1-31-20-11-7-18(8-12-20)13-14-26-25(30)23-15-22(33-27-23)16-28(19-9-10-19)24(29)17-32-21-5-3-2-4-6-21/h2-8,11-12,15,19H,9-10,13-14,16-17H2,1H3,(H,26,30). The maximum Gasteiger partial charge on any atom is 0.273 e. The van der Waals surface area contributed by atoms with Gasteiger partial charge in [0.05, 0.1) is 13.7 Å². The van der Waals surface area contributed by atoms with E-state index in [2.05, 4.69) is 10.5 Å². The van der Waals surface area contributed by atoms with Crippen LogP contribution < -0.4 is 14.8 Å². The molecule has 1 N–H and O–H groups in total. The monoisotopic (exact) mass is 449 g/mol. The summed E-state index contributed by atoms with van der Waals surface area (Å²) in [5, 5.41) is 6.72. The lowest BCUT2D eigenvalue weighted by Crippen LogP contribution is -2.36. The molecule has 33 heavy (non-hydrogen) atoms. The Morgan fingerprint density at radius 2 is 1.85 bits per heavy atom. The van der Waals surface area contributed by atoms with E-state index < -0.39 is 0 Å². The van der Waals surface area contributed by atoms with E-state index in [0.717, 1.165) is 24.2 Å². The van der Waals surface area contributed by atoms with Gasteiger partial charge >= 0.3 is 0 Å². The topological polar surface area (TPSA) is 93.9 Å². The van der Waals surface area contributed by atoms with E-state index in [9.17, 15) is 9.59 Å². The molecule has 0 spiro atoms. The van der Waals surface area contributed by atoms with E-state index >= 15 is 0 Å². The predicted octanol–water partition coefficient (Wildman–Crippen LogP) is 3.23. The number of aromatic nitrogens is 1. The van der Waals surface area contributed by atoms with E-state index in [-0.39, 0.29) is 36.7 Å². The summed E-state index contributed by atoms with van der Waals surface area (Å²) in [7, 11) is 1.62. The lowest BCUT2D eigenvalue weighted by atomic mass is 10.1. The molecule has 2 aromatic carbocycles. The Morgan fingerprint density at radius 3 is 2.55 bits per heavy atom. The summed E-state index contributed by atoms with van der Waals surface area (Å²) in [5.74, 6) is 1.48. The van der Waals surface area contributed by atoms with Gasteiger partial charge in [-0.05, 0) is 49.1 Å². The number of nitrogens with zero attached hydrogens (tertiary/aromatic N) is 2. The minimum atomic E-state index is -0.310. The summed E-state index contributed by atoms with van der Waals surface area (Å²) in [5.41, 5.74) is 1.29. The van der Waals surface area contributed by atoms with Crippen LogP contribution in [0.2, 0.25) is 0 Å².